The summed E-state index contributed by atoms with van der Waals surface area (Å²) in [4.78, 5) is 9.14. The van der Waals surface area contributed by atoms with Gasteiger partial charge in [-0.2, -0.15) is 4.98 Å². The zero-order valence-corrected chi connectivity index (χ0v) is 11.5. The summed E-state index contributed by atoms with van der Waals surface area (Å²) < 4.78 is 0. The van der Waals surface area contributed by atoms with Crippen LogP contribution in [0.4, 0.5) is 10.9 Å². The molecule has 0 fully saturated rings. The van der Waals surface area contributed by atoms with E-state index in [1.807, 2.05) is 48.5 Å². The molecule has 0 amide bonds. The average Bonchev–Trinajstić information content (AvgIpc) is 2.81. The van der Waals surface area contributed by atoms with E-state index < -0.39 is 0 Å². The third-order valence-electron chi connectivity index (χ3n) is 2.78. The van der Waals surface area contributed by atoms with Crippen molar-refractivity contribution in [3.63, 3.8) is 0 Å². The highest BCUT2D eigenvalue weighted by atomic mass is 32.1. The number of pyridine rings is 1. The molecule has 2 heterocycles. The lowest BCUT2D eigenvalue weighted by Gasteiger charge is -1.99. The highest BCUT2D eigenvalue weighted by Crippen LogP contribution is 2.31. The van der Waals surface area contributed by atoms with E-state index in [0.29, 0.717) is 17.4 Å². The van der Waals surface area contributed by atoms with Crippen molar-refractivity contribution in [1.82, 2.24) is 9.97 Å². The Morgan fingerprint density at radius 3 is 2.60 bits per heavy atom. The highest BCUT2D eigenvalue weighted by Gasteiger charge is 2.11. The summed E-state index contributed by atoms with van der Waals surface area (Å²) in [5.74, 6) is 0.796. The van der Waals surface area contributed by atoms with Gasteiger partial charge in [0.2, 0.25) is 5.88 Å². The molecule has 0 aliphatic heterocycles. The second-order valence-corrected chi connectivity index (χ2v) is 5.35. The van der Waals surface area contributed by atoms with Gasteiger partial charge in [0.15, 0.2) is 5.13 Å². The van der Waals surface area contributed by atoms with Crippen molar-refractivity contribution in [2.75, 3.05) is 5.32 Å². The number of thiazole rings is 1. The lowest BCUT2D eigenvalue weighted by molar-refractivity contribution is 0.453. The standard InChI is InChI=1S/C15H13N3OS/c19-14-12(10-11-6-2-1-3-7-11)20-15(18-14)17-13-8-4-5-9-16-13/h1-9,19H,10H2,(H,16,17,18). The van der Waals surface area contributed by atoms with Crippen molar-refractivity contribution in [2.24, 2.45) is 0 Å². The van der Waals surface area contributed by atoms with Crippen LogP contribution in [0.15, 0.2) is 54.7 Å². The molecule has 0 radical (unpaired) electrons. The highest BCUT2D eigenvalue weighted by molar-refractivity contribution is 7.16. The number of hydrogen-bond acceptors (Lipinski definition) is 5. The van der Waals surface area contributed by atoms with E-state index in [1.54, 1.807) is 6.20 Å². The van der Waals surface area contributed by atoms with E-state index in [1.165, 1.54) is 11.3 Å². The van der Waals surface area contributed by atoms with Gasteiger partial charge < -0.3 is 10.4 Å². The number of aromatic nitrogens is 2. The molecule has 4 nitrogen and oxygen atoms in total. The summed E-state index contributed by atoms with van der Waals surface area (Å²) in [6.45, 7) is 0. The van der Waals surface area contributed by atoms with Gasteiger partial charge in [-0.05, 0) is 17.7 Å². The zero-order valence-electron chi connectivity index (χ0n) is 10.7. The van der Waals surface area contributed by atoms with Gasteiger partial charge in [-0.1, -0.05) is 47.7 Å². The number of anilines is 2. The third-order valence-corrected chi connectivity index (χ3v) is 3.74. The number of benzene rings is 1. The molecule has 0 bridgehead atoms. The van der Waals surface area contributed by atoms with Crippen molar-refractivity contribution in [1.29, 1.82) is 0 Å². The summed E-state index contributed by atoms with van der Waals surface area (Å²) in [5, 5.41) is 13.6. The van der Waals surface area contributed by atoms with E-state index in [2.05, 4.69) is 15.3 Å². The van der Waals surface area contributed by atoms with Gasteiger partial charge in [0.05, 0.1) is 4.88 Å². The van der Waals surface area contributed by atoms with Crippen LogP contribution in [0.25, 0.3) is 0 Å². The topological polar surface area (TPSA) is 58.0 Å². The lowest BCUT2D eigenvalue weighted by atomic mass is 10.1. The van der Waals surface area contributed by atoms with Crippen molar-refractivity contribution < 1.29 is 5.11 Å². The zero-order chi connectivity index (χ0) is 13.8. The SMILES string of the molecule is Oc1nc(Nc2ccccn2)sc1Cc1ccccc1. The van der Waals surface area contributed by atoms with Gasteiger partial charge in [-0.3, -0.25) is 0 Å². The molecule has 2 N–H and O–H groups in total. The molecule has 0 spiro atoms. The average molecular weight is 283 g/mol. The lowest BCUT2D eigenvalue weighted by Crippen LogP contribution is -1.90. The van der Waals surface area contributed by atoms with E-state index >= 15 is 0 Å². The Balaban J connectivity index is 1.77. The first-order valence-electron chi connectivity index (χ1n) is 6.22. The Bertz CT molecular complexity index is 683. The second kappa shape index (κ2) is 5.71. The van der Waals surface area contributed by atoms with Crippen molar-refractivity contribution >= 4 is 22.3 Å². The van der Waals surface area contributed by atoms with Gasteiger partial charge in [0.1, 0.15) is 5.82 Å². The molecule has 0 aliphatic rings. The minimum atomic E-state index is 0.0808. The maximum atomic E-state index is 9.91. The molecule has 20 heavy (non-hydrogen) atoms. The molecule has 0 aliphatic carbocycles. The van der Waals surface area contributed by atoms with Crippen molar-refractivity contribution in [2.45, 2.75) is 6.42 Å². The van der Waals surface area contributed by atoms with Gasteiger partial charge in [-0.25, -0.2) is 4.98 Å². The molecular formula is C15H13N3OS. The fourth-order valence-electron chi connectivity index (χ4n) is 1.84. The predicted octanol–water partition coefficient (Wildman–Crippen LogP) is 3.58. The maximum Gasteiger partial charge on any atom is 0.227 e. The van der Waals surface area contributed by atoms with Crippen molar-refractivity contribution in [3.05, 3.63) is 65.2 Å². The maximum absolute atomic E-state index is 9.91. The number of hydrogen-bond donors (Lipinski definition) is 2. The van der Waals surface area contributed by atoms with Crippen LogP contribution in [-0.2, 0) is 6.42 Å². The Morgan fingerprint density at radius 2 is 1.85 bits per heavy atom. The molecule has 5 heteroatoms. The largest absolute Gasteiger partial charge is 0.492 e. The normalized spacial score (nSPS) is 10.4. The van der Waals surface area contributed by atoms with Crippen molar-refractivity contribution in [3.8, 4) is 5.88 Å². The molecule has 100 valence electrons. The van der Waals surface area contributed by atoms with Crippen LogP contribution in [0.1, 0.15) is 10.4 Å². The van der Waals surface area contributed by atoms with Crippen LogP contribution >= 0.6 is 11.3 Å². The quantitative estimate of drug-likeness (QED) is 0.768. The van der Waals surface area contributed by atoms with Crippen LogP contribution in [0.5, 0.6) is 5.88 Å². The van der Waals surface area contributed by atoms with Crippen LogP contribution in [0.2, 0.25) is 0 Å². The molecule has 0 atom stereocenters. The van der Waals surface area contributed by atoms with E-state index in [4.69, 9.17) is 0 Å². The number of nitrogens with zero attached hydrogens (tertiary/aromatic N) is 2. The Hall–Kier alpha value is -2.40. The summed E-state index contributed by atoms with van der Waals surface area (Å²) in [6.07, 6.45) is 2.38. The Morgan fingerprint density at radius 1 is 1.05 bits per heavy atom. The second-order valence-electron chi connectivity index (χ2n) is 4.27. The molecule has 1 aromatic carbocycles. The Labute approximate surface area is 120 Å². The Kier molecular flexibility index (Phi) is 3.60. The van der Waals surface area contributed by atoms with Gasteiger partial charge in [0.25, 0.3) is 0 Å². The van der Waals surface area contributed by atoms with Crippen LogP contribution < -0.4 is 5.32 Å². The molecular weight excluding hydrogens is 270 g/mol. The van der Waals surface area contributed by atoms with E-state index in [9.17, 15) is 5.11 Å². The van der Waals surface area contributed by atoms with Gasteiger partial charge >= 0.3 is 0 Å². The van der Waals surface area contributed by atoms with Crippen LogP contribution in [0, 0.1) is 0 Å². The fraction of sp³-hybridized carbons (Fsp3) is 0.0667. The minimum Gasteiger partial charge on any atom is -0.492 e. The smallest absolute Gasteiger partial charge is 0.227 e. The number of rotatable bonds is 4. The molecule has 0 saturated carbocycles. The first kappa shape index (κ1) is 12.6. The number of nitrogens with one attached hydrogen (secondary N) is 1. The predicted molar refractivity (Wildman–Crippen MR) is 80.5 cm³/mol. The summed E-state index contributed by atoms with van der Waals surface area (Å²) in [5.41, 5.74) is 1.15. The van der Waals surface area contributed by atoms with Crippen LogP contribution in [-0.4, -0.2) is 15.1 Å². The summed E-state index contributed by atoms with van der Waals surface area (Å²) in [6, 6.07) is 15.6. The van der Waals surface area contributed by atoms with E-state index in [0.717, 1.165) is 10.4 Å². The number of aromatic hydroxyl groups is 1. The fourth-order valence-corrected chi connectivity index (χ4v) is 2.74. The van der Waals surface area contributed by atoms with Gasteiger partial charge in [0, 0.05) is 12.6 Å². The molecule has 3 aromatic rings. The monoisotopic (exact) mass is 283 g/mol. The minimum absolute atomic E-state index is 0.0808. The van der Waals surface area contributed by atoms with Crippen LogP contribution in [0.3, 0.4) is 0 Å². The molecule has 2 aromatic heterocycles. The first-order valence-corrected chi connectivity index (χ1v) is 7.03. The third kappa shape index (κ3) is 2.95. The van der Waals surface area contributed by atoms with E-state index in [-0.39, 0.29) is 5.88 Å². The van der Waals surface area contributed by atoms with Gasteiger partial charge in [-0.15, -0.1) is 0 Å². The summed E-state index contributed by atoms with van der Waals surface area (Å²) >= 11 is 1.44. The summed E-state index contributed by atoms with van der Waals surface area (Å²) in [7, 11) is 0. The molecule has 3 rings (SSSR count). The molecule has 0 saturated heterocycles. The first-order chi connectivity index (χ1) is 9.81. The molecule has 0 unspecified atom stereocenters.